The fourth-order valence-electron chi connectivity index (χ4n) is 0.290. The van der Waals surface area contributed by atoms with Gasteiger partial charge in [0, 0.05) is 5.92 Å². The van der Waals surface area contributed by atoms with Crippen LogP contribution in [-0.2, 0) is 9.53 Å². The van der Waals surface area contributed by atoms with Crippen molar-refractivity contribution >= 4 is 14.0 Å². The van der Waals surface area contributed by atoms with Gasteiger partial charge >= 0.3 is 5.97 Å². The van der Waals surface area contributed by atoms with Crippen LogP contribution in [0.3, 0.4) is 0 Å². The van der Waals surface area contributed by atoms with Crippen LogP contribution in [0.4, 0.5) is 0 Å². The van der Waals surface area contributed by atoms with Crippen LogP contribution in [0.2, 0.25) is 19.6 Å². The molecule has 0 bridgehead atoms. The normalized spacial score (nSPS) is 9.60. The smallest absolute Gasteiger partial charge is 0.383 e. The molecule has 0 rings (SSSR count). The molecule has 0 aliphatic rings. The Morgan fingerprint density at radius 3 is 2.20 bits per heavy atom. The Morgan fingerprint density at radius 2 is 1.90 bits per heavy atom. The summed E-state index contributed by atoms with van der Waals surface area (Å²) in [6.07, 6.45) is 0. The fourth-order valence-corrected chi connectivity index (χ4v) is 0.767. The van der Waals surface area contributed by atoms with E-state index in [0.29, 0.717) is 0 Å². The van der Waals surface area contributed by atoms with Crippen molar-refractivity contribution in [3.05, 3.63) is 0 Å². The quantitative estimate of drug-likeness (QED) is 0.227. The van der Waals surface area contributed by atoms with E-state index in [0.717, 1.165) is 0 Å². The van der Waals surface area contributed by atoms with Crippen molar-refractivity contribution in [1.82, 2.24) is 0 Å². The summed E-state index contributed by atoms with van der Waals surface area (Å²) in [5, 5.41) is 0. The van der Waals surface area contributed by atoms with Crippen molar-refractivity contribution in [3.63, 3.8) is 0 Å². The molecule has 0 heterocycles. The van der Waals surface area contributed by atoms with E-state index in [1.165, 1.54) is 7.11 Å². The second-order valence-electron chi connectivity index (χ2n) is 2.99. The minimum absolute atomic E-state index is 0.442. The fraction of sp³-hybridized carbons (Fsp3) is 0.571. The molecule has 2 nitrogen and oxygen atoms in total. The predicted octanol–water partition coefficient (Wildman–Crippen LogP) is 1.04. The largest absolute Gasteiger partial charge is 0.459 e. The van der Waals surface area contributed by atoms with Crippen molar-refractivity contribution in [3.8, 4) is 11.5 Å². The average molecular weight is 157 g/mol. The zero-order valence-corrected chi connectivity index (χ0v) is 7.82. The van der Waals surface area contributed by atoms with Crippen molar-refractivity contribution in [2.45, 2.75) is 19.6 Å². The Kier molecular flexibility index (Phi) is 3.17. The van der Waals surface area contributed by atoms with Gasteiger partial charge < -0.3 is 4.74 Å². The highest BCUT2D eigenvalue weighted by atomic mass is 28.3. The molecule has 0 aromatic rings. The molecule has 0 spiro atoms. The molecule has 0 aliphatic heterocycles. The Labute approximate surface area is 62.6 Å². The first-order chi connectivity index (χ1) is 4.45. The first-order valence-corrected chi connectivity index (χ1v) is 6.57. The molecule has 0 N–H and O–H groups in total. The van der Waals surface area contributed by atoms with Crippen LogP contribution in [0.15, 0.2) is 0 Å². The molecule has 0 saturated heterocycles. The molecule has 0 amide bonds. The summed E-state index contributed by atoms with van der Waals surface area (Å²) in [5.74, 6) is 1.98. The maximum Gasteiger partial charge on any atom is 0.383 e. The maximum absolute atomic E-state index is 10.5. The molecule has 0 saturated carbocycles. The third-order valence-corrected chi connectivity index (χ3v) is 1.60. The number of methoxy groups -OCH3 is 1. The first-order valence-electron chi connectivity index (χ1n) is 3.07. The van der Waals surface area contributed by atoms with E-state index >= 15 is 0 Å². The van der Waals surface area contributed by atoms with E-state index in [9.17, 15) is 4.79 Å². The highest BCUT2D eigenvalue weighted by Crippen LogP contribution is 1.95. The van der Waals surface area contributed by atoms with Gasteiger partial charge in [-0.2, -0.15) is 0 Å². The van der Waals surface area contributed by atoms with Crippen LogP contribution < -0.4 is 0 Å². The zero-order valence-electron chi connectivity index (χ0n) is 6.82. The molecule has 0 fully saturated rings. The minimum Gasteiger partial charge on any atom is -0.459 e. The van der Waals surface area contributed by atoms with Crippen molar-refractivity contribution in [2.24, 2.45) is 0 Å². The highest BCUT2D eigenvalue weighted by molar-refractivity contribution is 6.84. The van der Waals surface area contributed by atoms with Crippen LogP contribution in [0.5, 0.6) is 0 Å². The summed E-state index contributed by atoms with van der Waals surface area (Å²) in [6.45, 7) is 6.22. The molecular weight excluding hydrogens is 145 g/mol. The van der Waals surface area contributed by atoms with Gasteiger partial charge in [0.15, 0.2) is 0 Å². The molecule has 3 heteroatoms. The van der Waals surface area contributed by atoms with Crippen LogP contribution in [0, 0.1) is 11.5 Å². The Hall–Kier alpha value is -0.753. The van der Waals surface area contributed by atoms with Gasteiger partial charge in [0.1, 0.15) is 8.07 Å². The van der Waals surface area contributed by atoms with E-state index in [1.54, 1.807) is 0 Å². The lowest BCUT2D eigenvalue weighted by molar-refractivity contribution is -0.133. The number of carbonyl (C=O) groups excluding carboxylic acids is 1. The van der Waals surface area contributed by atoms with E-state index in [2.05, 4.69) is 35.8 Å². The number of carbonyl (C=O) groups is 1. The zero-order chi connectivity index (χ0) is 8.20. The van der Waals surface area contributed by atoms with Gasteiger partial charge in [-0.1, -0.05) is 19.6 Å². The summed E-state index contributed by atoms with van der Waals surface area (Å²) in [7, 11) is -0.0636. The maximum atomic E-state index is 10.5. The van der Waals surface area contributed by atoms with Crippen molar-refractivity contribution in [1.29, 1.82) is 0 Å². The molecule has 10 heavy (non-hydrogen) atoms. The Morgan fingerprint density at radius 1 is 1.40 bits per heavy atom. The van der Waals surface area contributed by atoms with E-state index in [-0.39, 0.29) is 0 Å². The van der Waals surface area contributed by atoms with Gasteiger partial charge in [0.25, 0.3) is 0 Å². The number of ether oxygens (including phenoxy) is 1. The molecular formula is C7H12O2Si. The number of esters is 1. The molecule has 0 atom stereocenters. The topological polar surface area (TPSA) is 26.3 Å². The summed E-state index contributed by atoms with van der Waals surface area (Å²) in [5.41, 5.74) is 2.89. The summed E-state index contributed by atoms with van der Waals surface area (Å²) in [6, 6.07) is 0. The molecule has 0 aliphatic carbocycles. The van der Waals surface area contributed by atoms with E-state index < -0.39 is 14.0 Å². The van der Waals surface area contributed by atoms with Gasteiger partial charge in [-0.05, 0) is 0 Å². The van der Waals surface area contributed by atoms with Gasteiger partial charge in [0.2, 0.25) is 0 Å². The van der Waals surface area contributed by atoms with Crippen LogP contribution in [0.25, 0.3) is 0 Å². The Balaban J connectivity index is 4.05. The molecule has 56 valence electrons. The minimum atomic E-state index is -1.40. The molecule has 0 radical (unpaired) electrons. The third kappa shape index (κ3) is 5.38. The number of hydrogen-bond donors (Lipinski definition) is 0. The lowest BCUT2D eigenvalue weighted by Crippen LogP contribution is -2.17. The second-order valence-corrected chi connectivity index (χ2v) is 7.74. The van der Waals surface area contributed by atoms with E-state index in [1.807, 2.05) is 0 Å². The third-order valence-electron chi connectivity index (χ3n) is 0.725. The SMILES string of the molecule is CO[13C](=O)C#C[Si](C)(C)C. The molecule has 0 unspecified atom stereocenters. The van der Waals surface area contributed by atoms with Crippen LogP contribution in [0.1, 0.15) is 0 Å². The van der Waals surface area contributed by atoms with Gasteiger partial charge in [-0.15, -0.1) is 5.54 Å². The predicted molar refractivity (Wildman–Crippen MR) is 43.1 cm³/mol. The van der Waals surface area contributed by atoms with Crippen LogP contribution >= 0.6 is 0 Å². The Bertz CT molecular complexity index is 180. The summed E-state index contributed by atoms with van der Waals surface area (Å²) >= 11 is 0. The van der Waals surface area contributed by atoms with Crippen LogP contribution in [-0.4, -0.2) is 21.2 Å². The first kappa shape index (κ1) is 9.25. The monoisotopic (exact) mass is 157 g/mol. The molecule has 0 aromatic heterocycles. The van der Waals surface area contributed by atoms with Crippen molar-refractivity contribution in [2.75, 3.05) is 7.11 Å². The summed E-state index contributed by atoms with van der Waals surface area (Å²) in [4.78, 5) is 10.5. The lowest BCUT2D eigenvalue weighted by atomic mass is 11.0. The molecule has 0 aromatic carbocycles. The number of hydrogen-bond acceptors (Lipinski definition) is 2. The van der Waals surface area contributed by atoms with Gasteiger partial charge in [-0.3, -0.25) is 0 Å². The number of rotatable bonds is 0. The average Bonchev–Trinajstić information content (AvgIpc) is 1.81. The standard InChI is InChI=1S/C7H12O2Si/c1-9-7(8)5-6-10(2,3)4/h1-4H3/i7+1. The second kappa shape index (κ2) is 3.42. The summed E-state index contributed by atoms with van der Waals surface area (Å²) < 4.78 is 4.36. The highest BCUT2D eigenvalue weighted by Gasteiger charge is 2.08. The van der Waals surface area contributed by atoms with Gasteiger partial charge in [0.05, 0.1) is 7.11 Å². The lowest BCUT2D eigenvalue weighted by Gasteiger charge is -2.02. The van der Waals surface area contributed by atoms with Gasteiger partial charge in [-0.25, -0.2) is 4.79 Å². The van der Waals surface area contributed by atoms with Crippen molar-refractivity contribution < 1.29 is 9.53 Å². The van der Waals surface area contributed by atoms with E-state index in [4.69, 9.17) is 0 Å².